The summed E-state index contributed by atoms with van der Waals surface area (Å²) in [6, 6.07) is 7.30. The van der Waals surface area contributed by atoms with Gasteiger partial charge in [0.15, 0.2) is 5.03 Å². The lowest BCUT2D eigenvalue weighted by atomic mass is 10.3. The lowest BCUT2D eigenvalue weighted by Gasteiger charge is -2.08. The summed E-state index contributed by atoms with van der Waals surface area (Å²) < 4.78 is 39.4. The SMILES string of the molecule is Cc1nc(S(=O)(=O)NCCC(=O)OCCOc2cccc(Br)c2)cn1C. The van der Waals surface area contributed by atoms with Crippen molar-refractivity contribution in [1.82, 2.24) is 14.3 Å². The van der Waals surface area contributed by atoms with E-state index < -0.39 is 16.0 Å². The summed E-state index contributed by atoms with van der Waals surface area (Å²) in [5.74, 6) is 0.729. The number of rotatable bonds is 9. The number of nitrogens with zero attached hydrogens (tertiary/aromatic N) is 2. The molecule has 142 valence electrons. The lowest BCUT2D eigenvalue weighted by molar-refractivity contribution is -0.144. The highest BCUT2D eigenvalue weighted by Crippen LogP contribution is 2.17. The van der Waals surface area contributed by atoms with E-state index in [0.29, 0.717) is 11.6 Å². The highest BCUT2D eigenvalue weighted by Gasteiger charge is 2.18. The molecule has 0 aliphatic rings. The van der Waals surface area contributed by atoms with Crippen molar-refractivity contribution in [2.45, 2.75) is 18.4 Å². The first-order valence-corrected chi connectivity index (χ1v) is 10.1. The van der Waals surface area contributed by atoms with Gasteiger partial charge in [0.2, 0.25) is 0 Å². The molecule has 0 unspecified atom stereocenters. The maximum absolute atomic E-state index is 12.1. The normalized spacial score (nSPS) is 11.3. The summed E-state index contributed by atoms with van der Waals surface area (Å²) in [5, 5.41) is -0.0757. The van der Waals surface area contributed by atoms with Crippen molar-refractivity contribution < 1.29 is 22.7 Å². The third-order valence-electron chi connectivity index (χ3n) is 3.39. The molecule has 0 aliphatic carbocycles. The quantitative estimate of drug-likeness (QED) is 0.466. The van der Waals surface area contributed by atoms with E-state index >= 15 is 0 Å². The van der Waals surface area contributed by atoms with Crippen LogP contribution in [0.2, 0.25) is 0 Å². The zero-order valence-electron chi connectivity index (χ0n) is 14.4. The van der Waals surface area contributed by atoms with Gasteiger partial charge in [0.05, 0.1) is 6.42 Å². The molecule has 0 atom stereocenters. The molecule has 0 aliphatic heterocycles. The smallest absolute Gasteiger partial charge is 0.307 e. The number of ether oxygens (including phenoxy) is 2. The van der Waals surface area contributed by atoms with E-state index in [1.165, 1.54) is 6.20 Å². The van der Waals surface area contributed by atoms with E-state index in [1.54, 1.807) is 30.7 Å². The molecule has 0 saturated carbocycles. The van der Waals surface area contributed by atoms with E-state index in [-0.39, 0.29) is 31.2 Å². The second-order valence-electron chi connectivity index (χ2n) is 5.41. The molecule has 0 bridgehead atoms. The maximum atomic E-state index is 12.1. The summed E-state index contributed by atoms with van der Waals surface area (Å²) in [6.07, 6.45) is 1.33. The minimum Gasteiger partial charge on any atom is -0.490 e. The van der Waals surface area contributed by atoms with Crippen molar-refractivity contribution in [1.29, 1.82) is 0 Å². The predicted molar refractivity (Wildman–Crippen MR) is 98.3 cm³/mol. The second-order valence-corrected chi connectivity index (χ2v) is 8.04. The monoisotopic (exact) mass is 445 g/mol. The van der Waals surface area contributed by atoms with Crippen molar-refractivity contribution in [3.63, 3.8) is 0 Å². The molecule has 0 fully saturated rings. The second kappa shape index (κ2) is 9.15. The average Bonchev–Trinajstić information content (AvgIpc) is 2.92. The Bertz CT molecular complexity index is 847. The number of carbonyl (C=O) groups excluding carboxylic acids is 1. The number of imidazole rings is 1. The molecule has 1 heterocycles. The highest BCUT2D eigenvalue weighted by atomic mass is 79.9. The summed E-state index contributed by atoms with van der Waals surface area (Å²) in [4.78, 5) is 15.6. The van der Waals surface area contributed by atoms with Crippen LogP contribution in [-0.4, -0.2) is 43.7 Å². The van der Waals surface area contributed by atoms with Gasteiger partial charge in [-0.2, -0.15) is 0 Å². The number of esters is 1. The Morgan fingerprint density at radius 1 is 1.35 bits per heavy atom. The summed E-state index contributed by atoms with van der Waals surface area (Å²) in [7, 11) is -2.04. The van der Waals surface area contributed by atoms with Crippen LogP contribution < -0.4 is 9.46 Å². The van der Waals surface area contributed by atoms with Crippen LogP contribution in [0.25, 0.3) is 0 Å². The first-order chi connectivity index (χ1) is 12.3. The van der Waals surface area contributed by atoms with Crippen molar-refractivity contribution >= 4 is 31.9 Å². The van der Waals surface area contributed by atoms with Gasteiger partial charge < -0.3 is 14.0 Å². The minimum absolute atomic E-state index is 0.0662. The Morgan fingerprint density at radius 3 is 2.77 bits per heavy atom. The topological polar surface area (TPSA) is 99.5 Å². The molecule has 26 heavy (non-hydrogen) atoms. The van der Waals surface area contributed by atoms with Gasteiger partial charge in [0.25, 0.3) is 10.0 Å². The molecule has 2 rings (SSSR count). The fourth-order valence-electron chi connectivity index (χ4n) is 1.96. The number of aryl methyl sites for hydroxylation is 2. The molecule has 2 aromatic rings. The van der Waals surface area contributed by atoms with Gasteiger partial charge in [-0.05, 0) is 25.1 Å². The number of sulfonamides is 1. The molecular weight excluding hydrogens is 426 g/mol. The Hall–Kier alpha value is -1.91. The molecule has 8 nitrogen and oxygen atoms in total. The van der Waals surface area contributed by atoms with Crippen LogP contribution in [0.3, 0.4) is 0 Å². The molecule has 0 amide bonds. The lowest BCUT2D eigenvalue weighted by Crippen LogP contribution is -2.27. The van der Waals surface area contributed by atoms with Gasteiger partial charge in [0, 0.05) is 24.3 Å². The van der Waals surface area contributed by atoms with Gasteiger partial charge in [0.1, 0.15) is 24.8 Å². The van der Waals surface area contributed by atoms with Crippen LogP contribution >= 0.6 is 15.9 Å². The number of benzene rings is 1. The standard InChI is InChI=1S/C16H20BrN3O5S/c1-12-19-15(11-20(12)2)26(22,23)18-7-6-16(21)25-9-8-24-14-5-3-4-13(17)10-14/h3-5,10-11,18H,6-9H2,1-2H3. The zero-order chi connectivity index (χ0) is 19.2. The summed E-state index contributed by atoms with van der Waals surface area (Å²) >= 11 is 3.33. The first-order valence-electron chi connectivity index (χ1n) is 7.81. The molecule has 0 radical (unpaired) electrons. The van der Waals surface area contributed by atoms with Crippen molar-refractivity contribution in [2.24, 2.45) is 7.05 Å². The van der Waals surface area contributed by atoms with Crippen LogP contribution in [0, 0.1) is 6.92 Å². The molecule has 0 saturated heterocycles. The fraction of sp³-hybridized carbons (Fsp3) is 0.375. The van der Waals surface area contributed by atoms with Gasteiger partial charge >= 0.3 is 5.97 Å². The van der Waals surface area contributed by atoms with Crippen LogP contribution in [0.15, 0.2) is 40.0 Å². The van der Waals surface area contributed by atoms with Crippen LogP contribution in [-0.2, 0) is 26.6 Å². The molecule has 0 spiro atoms. The largest absolute Gasteiger partial charge is 0.490 e. The molecule has 10 heteroatoms. The van der Waals surface area contributed by atoms with E-state index in [0.717, 1.165) is 4.47 Å². The van der Waals surface area contributed by atoms with Gasteiger partial charge in [-0.1, -0.05) is 22.0 Å². The Balaban J connectivity index is 1.67. The van der Waals surface area contributed by atoms with Gasteiger partial charge in [-0.15, -0.1) is 0 Å². The third-order valence-corrected chi connectivity index (χ3v) is 5.22. The number of halogens is 1. The summed E-state index contributed by atoms with van der Waals surface area (Å²) in [5.41, 5.74) is 0. The fourth-order valence-corrected chi connectivity index (χ4v) is 3.41. The number of carbonyl (C=O) groups is 1. The molecule has 1 aromatic heterocycles. The van der Waals surface area contributed by atoms with Crippen molar-refractivity contribution in [3.05, 3.63) is 40.8 Å². The van der Waals surface area contributed by atoms with Crippen LogP contribution in [0.5, 0.6) is 5.75 Å². The van der Waals surface area contributed by atoms with Crippen LogP contribution in [0.1, 0.15) is 12.2 Å². The highest BCUT2D eigenvalue weighted by molar-refractivity contribution is 9.10. The number of hydrogen-bond acceptors (Lipinski definition) is 6. The van der Waals surface area contributed by atoms with E-state index in [2.05, 4.69) is 25.6 Å². The average molecular weight is 446 g/mol. The molecule has 1 aromatic carbocycles. The molecular formula is C16H20BrN3O5S. The Kier molecular flexibility index (Phi) is 7.18. The van der Waals surface area contributed by atoms with Crippen molar-refractivity contribution in [2.75, 3.05) is 19.8 Å². The van der Waals surface area contributed by atoms with E-state index in [4.69, 9.17) is 9.47 Å². The Labute approximate surface area is 160 Å². The summed E-state index contributed by atoms with van der Waals surface area (Å²) in [6.45, 7) is 1.93. The number of aromatic nitrogens is 2. The van der Waals surface area contributed by atoms with Crippen LogP contribution in [0.4, 0.5) is 0 Å². The number of nitrogens with one attached hydrogen (secondary N) is 1. The van der Waals surface area contributed by atoms with E-state index in [1.807, 2.05) is 12.1 Å². The number of hydrogen-bond donors (Lipinski definition) is 1. The third kappa shape index (κ3) is 6.11. The first kappa shape index (κ1) is 20.4. The van der Waals surface area contributed by atoms with Gasteiger partial charge in [-0.25, -0.2) is 18.1 Å². The zero-order valence-corrected chi connectivity index (χ0v) is 16.8. The Morgan fingerprint density at radius 2 is 2.12 bits per heavy atom. The maximum Gasteiger partial charge on any atom is 0.307 e. The van der Waals surface area contributed by atoms with Crippen molar-refractivity contribution in [3.8, 4) is 5.75 Å². The molecule has 1 N–H and O–H groups in total. The predicted octanol–water partition coefficient (Wildman–Crippen LogP) is 1.78. The van der Waals surface area contributed by atoms with Gasteiger partial charge in [-0.3, -0.25) is 4.79 Å². The van der Waals surface area contributed by atoms with E-state index in [9.17, 15) is 13.2 Å². The minimum atomic E-state index is -3.74.